The Morgan fingerprint density at radius 1 is 1.07 bits per heavy atom. The van der Waals surface area contributed by atoms with Crippen LogP contribution in [0, 0.1) is 13.8 Å². The summed E-state index contributed by atoms with van der Waals surface area (Å²) in [7, 11) is 0. The highest BCUT2D eigenvalue weighted by atomic mass is 16.2. The fourth-order valence-electron chi connectivity index (χ4n) is 4.33. The van der Waals surface area contributed by atoms with E-state index in [9.17, 15) is 14.4 Å². The molecule has 3 amide bonds. The Balaban J connectivity index is 1.64. The number of para-hydroxylation sites is 1. The van der Waals surface area contributed by atoms with Gasteiger partial charge in [-0.2, -0.15) is 0 Å². The smallest absolute Gasteiger partial charge is 0.256 e. The quantitative estimate of drug-likeness (QED) is 0.873. The first-order chi connectivity index (χ1) is 13.9. The maximum atomic E-state index is 13.3. The van der Waals surface area contributed by atoms with Crippen molar-refractivity contribution in [2.75, 3.05) is 23.3 Å². The molecule has 0 aliphatic carbocycles. The molecule has 2 aliphatic rings. The second-order valence-electron chi connectivity index (χ2n) is 7.88. The lowest BCUT2D eigenvalue weighted by molar-refractivity contribution is -0.125. The van der Waals surface area contributed by atoms with Crippen LogP contribution in [-0.4, -0.2) is 41.8 Å². The van der Waals surface area contributed by atoms with Crippen LogP contribution in [0.3, 0.4) is 0 Å². The molecule has 0 spiro atoms. The first-order valence-electron chi connectivity index (χ1n) is 10.0. The molecule has 1 atom stereocenters. The second-order valence-corrected chi connectivity index (χ2v) is 7.88. The molecule has 2 aromatic carbocycles. The Hall–Kier alpha value is -3.15. The van der Waals surface area contributed by atoms with Gasteiger partial charge in [-0.3, -0.25) is 14.4 Å². The summed E-state index contributed by atoms with van der Waals surface area (Å²) >= 11 is 0. The standard InChI is InChI=1S/C23H25N3O3/c1-15-11-16(2)13-17(12-15)24-21(27)14-26-19-8-4-3-7-18(19)22(28)25-10-6-5-9-20(25)23(26)29/h3-4,7-8,11-13,20H,5-6,9-10,14H2,1-2H3,(H,24,27). The summed E-state index contributed by atoms with van der Waals surface area (Å²) in [5.41, 5.74) is 3.80. The fraction of sp³-hybridized carbons (Fsp3) is 0.348. The Labute approximate surface area is 170 Å². The van der Waals surface area contributed by atoms with Crippen molar-refractivity contribution in [2.45, 2.75) is 39.2 Å². The highest BCUT2D eigenvalue weighted by molar-refractivity contribution is 6.13. The lowest BCUT2D eigenvalue weighted by Gasteiger charge is -2.34. The summed E-state index contributed by atoms with van der Waals surface area (Å²) in [6.45, 7) is 4.40. The summed E-state index contributed by atoms with van der Waals surface area (Å²) in [4.78, 5) is 42.4. The molecule has 1 saturated heterocycles. The molecule has 2 heterocycles. The number of aryl methyl sites for hydroxylation is 2. The predicted octanol–water partition coefficient (Wildman–Crippen LogP) is 3.28. The minimum atomic E-state index is -0.502. The summed E-state index contributed by atoms with van der Waals surface area (Å²) in [5, 5.41) is 2.89. The van der Waals surface area contributed by atoms with Crippen LogP contribution in [0.5, 0.6) is 0 Å². The number of nitrogens with one attached hydrogen (secondary N) is 1. The number of carbonyl (C=O) groups excluding carboxylic acids is 3. The minimum Gasteiger partial charge on any atom is -0.327 e. The molecule has 0 aromatic heterocycles. The monoisotopic (exact) mass is 391 g/mol. The molecule has 29 heavy (non-hydrogen) atoms. The maximum Gasteiger partial charge on any atom is 0.256 e. The van der Waals surface area contributed by atoms with E-state index in [1.807, 2.05) is 32.0 Å². The Morgan fingerprint density at radius 3 is 2.55 bits per heavy atom. The number of fused-ring (bicyclic) bond motifs is 2. The van der Waals surface area contributed by atoms with E-state index in [0.29, 0.717) is 29.9 Å². The molecular formula is C23H25N3O3. The third kappa shape index (κ3) is 3.75. The van der Waals surface area contributed by atoms with Crippen LogP contribution in [0.4, 0.5) is 11.4 Å². The van der Waals surface area contributed by atoms with Crippen LogP contribution in [0.1, 0.15) is 40.7 Å². The van der Waals surface area contributed by atoms with E-state index in [4.69, 9.17) is 0 Å². The van der Waals surface area contributed by atoms with Crippen molar-refractivity contribution in [3.05, 3.63) is 59.2 Å². The first kappa shape index (κ1) is 19.2. The number of amides is 3. The molecule has 2 aromatic rings. The van der Waals surface area contributed by atoms with Gasteiger partial charge >= 0.3 is 0 Å². The number of carbonyl (C=O) groups is 3. The highest BCUT2D eigenvalue weighted by Crippen LogP contribution is 2.31. The fourth-order valence-corrected chi connectivity index (χ4v) is 4.33. The Morgan fingerprint density at radius 2 is 1.79 bits per heavy atom. The van der Waals surface area contributed by atoms with Gasteiger partial charge in [0.1, 0.15) is 12.6 Å². The van der Waals surface area contributed by atoms with E-state index in [1.165, 1.54) is 4.90 Å². The molecule has 1 N–H and O–H groups in total. The third-order valence-corrected chi connectivity index (χ3v) is 5.55. The third-order valence-electron chi connectivity index (χ3n) is 5.55. The van der Waals surface area contributed by atoms with Crippen LogP contribution in [-0.2, 0) is 9.59 Å². The van der Waals surface area contributed by atoms with Gasteiger partial charge in [0.2, 0.25) is 11.8 Å². The van der Waals surface area contributed by atoms with Gasteiger partial charge < -0.3 is 15.1 Å². The van der Waals surface area contributed by atoms with Gasteiger partial charge in [-0.25, -0.2) is 0 Å². The average molecular weight is 391 g/mol. The van der Waals surface area contributed by atoms with E-state index < -0.39 is 6.04 Å². The predicted molar refractivity (Wildman–Crippen MR) is 112 cm³/mol. The van der Waals surface area contributed by atoms with Crippen molar-refractivity contribution >= 4 is 29.1 Å². The van der Waals surface area contributed by atoms with Crippen LogP contribution < -0.4 is 10.2 Å². The molecule has 0 radical (unpaired) electrons. The van der Waals surface area contributed by atoms with Crippen molar-refractivity contribution < 1.29 is 14.4 Å². The van der Waals surface area contributed by atoms with Crippen molar-refractivity contribution in [3.63, 3.8) is 0 Å². The number of benzene rings is 2. The maximum absolute atomic E-state index is 13.3. The molecule has 6 nitrogen and oxygen atoms in total. The molecule has 0 saturated carbocycles. The molecule has 2 aliphatic heterocycles. The molecular weight excluding hydrogens is 366 g/mol. The zero-order valence-corrected chi connectivity index (χ0v) is 16.8. The molecule has 4 rings (SSSR count). The summed E-state index contributed by atoms with van der Waals surface area (Å²) in [6.07, 6.45) is 2.43. The lowest BCUT2D eigenvalue weighted by atomic mass is 10.0. The zero-order valence-electron chi connectivity index (χ0n) is 16.8. The molecule has 1 unspecified atom stereocenters. The zero-order chi connectivity index (χ0) is 20.5. The normalized spacial score (nSPS) is 18.8. The minimum absolute atomic E-state index is 0.125. The van der Waals surface area contributed by atoms with Crippen molar-refractivity contribution in [1.29, 1.82) is 0 Å². The van der Waals surface area contributed by atoms with E-state index in [2.05, 4.69) is 5.32 Å². The van der Waals surface area contributed by atoms with Crippen LogP contribution >= 0.6 is 0 Å². The second kappa shape index (κ2) is 7.70. The lowest BCUT2D eigenvalue weighted by Crippen LogP contribution is -2.52. The van der Waals surface area contributed by atoms with Crippen molar-refractivity contribution in [3.8, 4) is 0 Å². The van der Waals surface area contributed by atoms with Gasteiger partial charge in [-0.05, 0) is 68.5 Å². The van der Waals surface area contributed by atoms with Gasteiger partial charge in [0, 0.05) is 12.2 Å². The van der Waals surface area contributed by atoms with Crippen molar-refractivity contribution in [1.82, 2.24) is 4.90 Å². The van der Waals surface area contributed by atoms with Gasteiger partial charge in [-0.15, -0.1) is 0 Å². The SMILES string of the molecule is Cc1cc(C)cc(NC(=O)CN2C(=O)C3CCCCN3C(=O)c3ccccc32)c1. The number of anilines is 2. The van der Waals surface area contributed by atoms with Crippen molar-refractivity contribution in [2.24, 2.45) is 0 Å². The van der Waals surface area contributed by atoms with E-state index in [0.717, 1.165) is 24.0 Å². The van der Waals surface area contributed by atoms with Crippen LogP contribution in [0.2, 0.25) is 0 Å². The molecule has 0 bridgehead atoms. The number of rotatable bonds is 3. The van der Waals surface area contributed by atoms with Crippen LogP contribution in [0.15, 0.2) is 42.5 Å². The highest BCUT2D eigenvalue weighted by Gasteiger charge is 2.40. The van der Waals surface area contributed by atoms with Gasteiger partial charge in [-0.1, -0.05) is 18.2 Å². The molecule has 1 fully saturated rings. The summed E-state index contributed by atoms with van der Waals surface area (Å²) in [5.74, 6) is -0.593. The number of nitrogens with zero attached hydrogens (tertiary/aromatic N) is 2. The number of piperidine rings is 1. The number of hydrogen-bond acceptors (Lipinski definition) is 3. The van der Waals surface area contributed by atoms with Gasteiger partial charge in [0.05, 0.1) is 11.3 Å². The molecule has 150 valence electrons. The first-order valence-corrected chi connectivity index (χ1v) is 10.0. The Kier molecular flexibility index (Phi) is 5.09. The van der Waals surface area contributed by atoms with E-state index in [-0.39, 0.29) is 24.3 Å². The van der Waals surface area contributed by atoms with E-state index in [1.54, 1.807) is 29.2 Å². The largest absolute Gasteiger partial charge is 0.327 e. The summed E-state index contributed by atoms with van der Waals surface area (Å²) in [6, 6.07) is 12.4. The van der Waals surface area contributed by atoms with Crippen LogP contribution in [0.25, 0.3) is 0 Å². The topological polar surface area (TPSA) is 69.7 Å². The summed E-state index contributed by atoms with van der Waals surface area (Å²) < 4.78 is 0. The van der Waals surface area contributed by atoms with Gasteiger partial charge in [0.15, 0.2) is 0 Å². The average Bonchev–Trinajstić information content (AvgIpc) is 2.77. The Bertz CT molecular complexity index is 965. The van der Waals surface area contributed by atoms with E-state index >= 15 is 0 Å². The number of hydrogen-bond donors (Lipinski definition) is 1. The van der Waals surface area contributed by atoms with Gasteiger partial charge in [0.25, 0.3) is 5.91 Å². The molecule has 6 heteroatoms.